The molecule has 6 nitrogen and oxygen atoms in total. The van der Waals surface area contributed by atoms with Crippen molar-refractivity contribution in [3.8, 4) is 27.8 Å². The van der Waals surface area contributed by atoms with Crippen molar-refractivity contribution in [3.05, 3.63) is 59.6 Å². The van der Waals surface area contributed by atoms with E-state index in [1.165, 1.54) is 11.3 Å². The lowest BCUT2D eigenvalue weighted by atomic mass is 10.2. The Morgan fingerprint density at radius 1 is 1.07 bits per heavy atom. The Labute approximate surface area is 174 Å². The molecule has 0 saturated carbocycles. The molecule has 0 aliphatic rings. The molecule has 7 heteroatoms. The monoisotopic (exact) mass is 412 g/mol. The number of aromatic nitrogens is 1. The SMILES string of the molecule is COc1ccc(-c2nc(CC(=O)N(C)CCOc3ccccc3)cs2)cc1OC. The summed E-state index contributed by atoms with van der Waals surface area (Å²) >= 11 is 1.50. The molecule has 152 valence electrons. The molecule has 0 N–H and O–H groups in total. The van der Waals surface area contributed by atoms with Gasteiger partial charge in [-0.2, -0.15) is 0 Å². The number of nitrogens with zero attached hydrogens (tertiary/aromatic N) is 2. The van der Waals surface area contributed by atoms with E-state index in [9.17, 15) is 4.79 Å². The standard InChI is InChI=1S/C22H24N2O4S/c1-24(11-12-28-18-7-5-4-6-8-18)21(25)14-17-15-29-22(23-17)16-9-10-19(26-2)20(13-16)27-3/h4-10,13,15H,11-12,14H2,1-3H3. The summed E-state index contributed by atoms with van der Waals surface area (Å²) in [5.74, 6) is 2.12. The molecule has 3 rings (SSSR count). The maximum absolute atomic E-state index is 12.5. The fourth-order valence-electron chi connectivity index (χ4n) is 2.72. The maximum Gasteiger partial charge on any atom is 0.228 e. The van der Waals surface area contributed by atoms with Crippen LogP contribution in [0.4, 0.5) is 0 Å². The molecule has 0 bridgehead atoms. The van der Waals surface area contributed by atoms with Crippen molar-refractivity contribution in [3.63, 3.8) is 0 Å². The van der Waals surface area contributed by atoms with Crippen LogP contribution in [0.25, 0.3) is 10.6 Å². The minimum atomic E-state index is 0.00539. The van der Waals surface area contributed by atoms with Gasteiger partial charge >= 0.3 is 0 Å². The van der Waals surface area contributed by atoms with Gasteiger partial charge in [0.15, 0.2) is 11.5 Å². The molecule has 0 saturated heterocycles. The van der Waals surface area contributed by atoms with Crippen LogP contribution in [-0.4, -0.2) is 50.2 Å². The number of methoxy groups -OCH3 is 2. The first-order chi connectivity index (χ1) is 14.1. The largest absolute Gasteiger partial charge is 0.493 e. The molecule has 3 aromatic rings. The van der Waals surface area contributed by atoms with Gasteiger partial charge in [0.2, 0.25) is 5.91 Å². The fourth-order valence-corrected chi connectivity index (χ4v) is 3.54. The molecule has 2 aromatic carbocycles. The number of para-hydroxylation sites is 1. The Morgan fingerprint density at radius 3 is 2.55 bits per heavy atom. The van der Waals surface area contributed by atoms with Crippen molar-refractivity contribution in [1.29, 1.82) is 0 Å². The highest BCUT2D eigenvalue weighted by molar-refractivity contribution is 7.13. The maximum atomic E-state index is 12.5. The summed E-state index contributed by atoms with van der Waals surface area (Å²) in [4.78, 5) is 18.8. The van der Waals surface area contributed by atoms with E-state index in [0.29, 0.717) is 24.7 Å². The van der Waals surface area contributed by atoms with Crippen LogP contribution >= 0.6 is 11.3 Å². The summed E-state index contributed by atoms with van der Waals surface area (Å²) in [6.07, 6.45) is 0.256. The van der Waals surface area contributed by atoms with E-state index in [-0.39, 0.29) is 12.3 Å². The molecular weight excluding hydrogens is 388 g/mol. The normalized spacial score (nSPS) is 10.4. The van der Waals surface area contributed by atoms with Gasteiger partial charge in [0, 0.05) is 18.0 Å². The minimum Gasteiger partial charge on any atom is -0.493 e. The molecular formula is C22H24N2O4S. The summed E-state index contributed by atoms with van der Waals surface area (Å²) in [5, 5.41) is 2.75. The smallest absolute Gasteiger partial charge is 0.228 e. The fraction of sp³-hybridized carbons (Fsp3) is 0.273. The number of ether oxygens (including phenoxy) is 3. The van der Waals surface area contributed by atoms with E-state index in [4.69, 9.17) is 14.2 Å². The van der Waals surface area contributed by atoms with E-state index in [1.807, 2.05) is 53.9 Å². The minimum absolute atomic E-state index is 0.00539. The highest BCUT2D eigenvalue weighted by Gasteiger charge is 2.14. The van der Waals surface area contributed by atoms with Crippen molar-refractivity contribution in [1.82, 2.24) is 9.88 Å². The lowest BCUT2D eigenvalue weighted by Crippen LogP contribution is -2.32. The van der Waals surface area contributed by atoms with Crippen molar-refractivity contribution < 1.29 is 19.0 Å². The zero-order valence-corrected chi connectivity index (χ0v) is 17.6. The molecule has 0 aliphatic carbocycles. The predicted octanol–water partition coefficient (Wildman–Crippen LogP) is 3.91. The first-order valence-electron chi connectivity index (χ1n) is 9.19. The van der Waals surface area contributed by atoms with Crippen LogP contribution in [0.15, 0.2) is 53.9 Å². The number of hydrogen-bond acceptors (Lipinski definition) is 6. The van der Waals surface area contributed by atoms with Gasteiger partial charge in [-0.15, -0.1) is 11.3 Å². The van der Waals surface area contributed by atoms with E-state index in [2.05, 4.69) is 4.98 Å². The highest BCUT2D eigenvalue weighted by atomic mass is 32.1. The number of benzene rings is 2. The molecule has 0 radical (unpaired) electrons. The number of rotatable bonds is 9. The third kappa shape index (κ3) is 5.48. The quantitative estimate of drug-likeness (QED) is 0.533. The second-order valence-electron chi connectivity index (χ2n) is 6.37. The highest BCUT2D eigenvalue weighted by Crippen LogP contribution is 2.33. The van der Waals surface area contributed by atoms with E-state index in [0.717, 1.165) is 22.0 Å². The average molecular weight is 413 g/mol. The molecule has 0 aliphatic heterocycles. The molecule has 0 unspecified atom stereocenters. The zero-order valence-electron chi connectivity index (χ0n) is 16.8. The average Bonchev–Trinajstić information content (AvgIpc) is 3.22. The summed E-state index contributed by atoms with van der Waals surface area (Å²) < 4.78 is 16.3. The lowest BCUT2D eigenvalue weighted by molar-refractivity contribution is -0.129. The first kappa shape index (κ1) is 20.7. The van der Waals surface area contributed by atoms with Crippen LogP contribution in [0.1, 0.15) is 5.69 Å². The van der Waals surface area contributed by atoms with Gasteiger partial charge in [0.25, 0.3) is 0 Å². The topological polar surface area (TPSA) is 60.9 Å². The molecule has 0 fully saturated rings. The summed E-state index contributed by atoms with van der Waals surface area (Å²) in [6, 6.07) is 15.2. The molecule has 0 spiro atoms. The second kappa shape index (κ2) is 9.93. The summed E-state index contributed by atoms with van der Waals surface area (Å²) in [6.45, 7) is 0.959. The molecule has 1 heterocycles. The third-order valence-electron chi connectivity index (χ3n) is 4.38. The Morgan fingerprint density at radius 2 is 1.83 bits per heavy atom. The van der Waals surface area contributed by atoms with Crippen molar-refractivity contribution >= 4 is 17.2 Å². The Bertz CT molecular complexity index is 943. The van der Waals surface area contributed by atoms with Crippen LogP contribution in [0.2, 0.25) is 0 Å². The zero-order chi connectivity index (χ0) is 20.6. The number of amides is 1. The Hall–Kier alpha value is -3.06. The molecule has 1 aromatic heterocycles. The van der Waals surface area contributed by atoms with Gasteiger partial charge in [-0.3, -0.25) is 4.79 Å². The van der Waals surface area contributed by atoms with E-state index < -0.39 is 0 Å². The van der Waals surface area contributed by atoms with Crippen LogP contribution in [-0.2, 0) is 11.2 Å². The van der Waals surface area contributed by atoms with Gasteiger partial charge in [-0.1, -0.05) is 18.2 Å². The van der Waals surface area contributed by atoms with Crippen LogP contribution in [0.5, 0.6) is 17.2 Å². The first-order valence-corrected chi connectivity index (χ1v) is 10.1. The summed E-state index contributed by atoms with van der Waals surface area (Å²) in [7, 11) is 4.98. The molecule has 1 amide bonds. The van der Waals surface area contributed by atoms with Gasteiger partial charge in [-0.05, 0) is 30.3 Å². The van der Waals surface area contributed by atoms with Crippen molar-refractivity contribution in [2.24, 2.45) is 0 Å². The van der Waals surface area contributed by atoms with Gasteiger partial charge in [0.05, 0.1) is 32.9 Å². The van der Waals surface area contributed by atoms with Gasteiger partial charge in [0.1, 0.15) is 17.4 Å². The Kier molecular flexibility index (Phi) is 7.08. The van der Waals surface area contributed by atoms with Gasteiger partial charge in [-0.25, -0.2) is 4.98 Å². The van der Waals surface area contributed by atoms with Crippen LogP contribution < -0.4 is 14.2 Å². The Balaban J connectivity index is 1.55. The van der Waals surface area contributed by atoms with Crippen LogP contribution in [0, 0.1) is 0 Å². The molecule has 29 heavy (non-hydrogen) atoms. The summed E-state index contributed by atoms with van der Waals surface area (Å²) in [5.41, 5.74) is 1.68. The van der Waals surface area contributed by atoms with Crippen LogP contribution in [0.3, 0.4) is 0 Å². The predicted molar refractivity (Wildman–Crippen MR) is 114 cm³/mol. The van der Waals surface area contributed by atoms with Gasteiger partial charge < -0.3 is 19.1 Å². The van der Waals surface area contributed by atoms with E-state index in [1.54, 1.807) is 26.2 Å². The number of carbonyl (C=O) groups excluding carboxylic acids is 1. The lowest BCUT2D eigenvalue weighted by Gasteiger charge is -2.17. The second-order valence-corrected chi connectivity index (χ2v) is 7.23. The number of hydrogen-bond donors (Lipinski definition) is 0. The van der Waals surface area contributed by atoms with E-state index >= 15 is 0 Å². The van der Waals surface area contributed by atoms with Crippen molar-refractivity contribution in [2.45, 2.75) is 6.42 Å². The number of thiazole rings is 1. The number of carbonyl (C=O) groups is 1. The third-order valence-corrected chi connectivity index (χ3v) is 5.32. The molecule has 0 atom stereocenters. The number of likely N-dealkylation sites (N-methyl/N-ethyl adjacent to an activating group) is 1. The van der Waals surface area contributed by atoms with Crippen molar-refractivity contribution in [2.75, 3.05) is 34.4 Å².